The number of aryl methyl sites for hydroxylation is 3. The Morgan fingerprint density at radius 2 is 0.733 bits per heavy atom. The Kier molecular flexibility index (Phi) is 31.3. The van der Waals surface area contributed by atoms with Crippen molar-refractivity contribution in [1.82, 2.24) is 96.1 Å². The van der Waals surface area contributed by atoms with E-state index in [0.717, 1.165) is 119 Å². The minimum absolute atomic E-state index is 0.0545. The second kappa shape index (κ2) is 46.7. The lowest BCUT2D eigenvalue weighted by Crippen LogP contribution is -2.19. The Bertz CT molecular complexity index is 7660. The van der Waals surface area contributed by atoms with E-state index >= 15 is 0 Å². The van der Waals surface area contributed by atoms with E-state index < -0.39 is 11.1 Å². The molecule has 0 atom stereocenters. The van der Waals surface area contributed by atoms with Crippen LogP contribution in [-0.4, -0.2) is 136 Å². The quantitative estimate of drug-likeness (QED) is 0.0555. The lowest BCUT2D eigenvalue weighted by molar-refractivity contribution is -0.133. The van der Waals surface area contributed by atoms with Gasteiger partial charge >= 0.3 is 6.18 Å². The lowest BCUT2D eigenvalue weighted by Gasteiger charge is -2.11. The molecule has 0 radical (unpaired) electrons. The monoisotopic (exact) mass is 1990 g/mol. The third kappa shape index (κ3) is 24.2. The summed E-state index contributed by atoms with van der Waals surface area (Å²) in [5.74, 6) is 9.11. The van der Waals surface area contributed by atoms with Gasteiger partial charge < -0.3 is 60.2 Å². The maximum Gasteiger partial charge on any atom is 0.426 e. The van der Waals surface area contributed by atoms with Crippen LogP contribution in [0.15, 0.2) is 364 Å². The van der Waals surface area contributed by atoms with Crippen LogP contribution in [0.5, 0.6) is 23.0 Å². The number of pyridine rings is 4. The highest BCUT2D eigenvalue weighted by Gasteiger charge is 2.38. The molecule has 0 saturated heterocycles. The fourth-order valence-corrected chi connectivity index (χ4v) is 16.4. The molecule has 8 aromatic carbocycles. The second-order valence-corrected chi connectivity index (χ2v) is 33.7. The van der Waals surface area contributed by atoms with Crippen molar-refractivity contribution < 1.29 is 68.1 Å². The summed E-state index contributed by atoms with van der Waals surface area (Å²) in [7, 11) is 0. The number of hydrogen-bond donors (Lipinski definition) is 1. The molecule has 0 bridgehead atoms. The van der Waals surface area contributed by atoms with Gasteiger partial charge in [0.05, 0.1) is 37.8 Å². The number of alkyl halides is 3. The van der Waals surface area contributed by atoms with Gasteiger partial charge in [-0.05, 0) is 215 Å². The van der Waals surface area contributed by atoms with Crippen molar-refractivity contribution in [2.75, 3.05) is 39.5 Å². The molecule has 37 heteroatoms. The van der Waals surface area contributed by atoms with E-state index in [4.69, 9.17) is 54.9 Å². The highest BCUT2D eigenvalue weighted by atomic mass is 32.1. The fraction of sp³-hybridized carbons (Fsp3) is 0.128. The summed E-state index contributed by atoms with van der Waals surface area (Å²) in [4.78, 5) is 56.1. The fourth-order valence-electron chi connectivity index (χ4n) is 14.7. The molecule has 22 aromatic rings. The Balaban J connectivity index is 0.000000115. The summed E-state index contributed by atoms with van der Waals surface area (Å²) in [6, 6.07) is 75.6. The number of nitrogens with one attached hydrogen (secondary N) is 1. The van der Waals surface area contributed by atoms with Gasteiger partial charge in [0, 0.05) is 144 Å². The molecule has 0 fully saturated rings. The van der Waals surface area contributed by atoms with Gasteiger partial charge in [0.25, 0.3) is 35.3 Å². The van der Waals surface area contributed by atoms with Gasteiger partial charge in [0.1, 0.15) is 34.6 Å². The highest BCUT2D eigenvalue weighted by molar-refractivity contribution is 7.16. The Hall–Kier alpha value is -18.5. The minimum Gasteiger partial charge on any atom is -0.490 e. The number of halogens is 3. The van der Waals surface area contributed by atoms with Crippen molar-refractivity contribution in [3.8, 4) is 203 Å². The predicted molar refractivity (Wildman–Crippen MR) is 543 cm³/mol. The van der Waals surface area contributed by atoms with E-state index in [9.17, 15) is 13.2 Å². The van der Waals surface area contributed by atoms with Gasteiger partial charge in [0.2, 0.25) is 34.9 Å². The molecular formula is C109H87F3N20O12S2. The average Bonchev–Trinajstić information content (AvgIpc) is 1.63. The number of aromatic nitrogens is 18. The maximum atomic E-state index is 13.5. The van der Waals surface area contributed by atoms with Gasteiger partial charge in [-0.15, -0.1) is 22.7 Å². The first-order valence-corrected chi connectivity index (χ1v) is 47.5. The van der Waals surface area contributed by atoms with E-state index in [-0.39, 0.29) is 16.3 Å². The number of hydrogen-bond acceptors (Lipinski definition) is 34. The van der Waals surface area contributed by atoms with Crippen molar-refractivity contribution in [2.24, 2.45) is 4.99 Å². The van der Waals surface area contributed by atoms with Crippen LogP contribution in [-0.2, 0) is 6.18 Å². The zero-order chi connectivity index (χ0) is 101. The van der Waals surface area contributed by atoms with Crippen LogP contribution in [0.3, 0.4) is 0 Å². The van der Waals surface area contributed by atoms with Crippen LogP contribution in [0.2, 0.25) is 0 Å². The zero-order valence-corrected chi connectivity index (χ0v) is 80.8. The highest BCUT2D eigenvalue weighted by Crippen LogP contribution is 2.47. The van der Waals surface area contributed by atoms with Gasteiger partial charge in [0.15, 0.2) is 35.8 Å². The number of benzene rings is 8. The first-order valence-electron chi connectivity index (χ1n) is 45.8. The molecule has 0 unspecified atom stereocenters. The van der Waals surface area contributed by atoms with Gasteiger partial charge in [-0.2, -0.15) is 43.1 Å². The van der Waals surface area contributed by atoms with Crippen LogP contribution in [0.1, 0.15) is 54.8 Å². The normalized spacial score (nSPS) is 11.4. The van der Waals surface area contributed by atoms with Gasteiger partial charge in [-0.3, -0.25) is 24.9 Å². The Morgan fingerprint density at radius 1 is 0.329 bits per heavy atom. The molecule has 15 heterocycles. The summed E-state index contributed by atoms with van der Waals surface area (Å²) in [5.41, 5.74) is 18.7. The van der Waals surface area contributed by atoms with E-state index in [1.807, 2.05) is 204 Å². The number of nitrogens with zero attached hydrogens (tertiary/aromatic N) is 19. The van der Waals surface area contributed by atoms with E-state index in [1.165, 1.54) is 34.9 Å². The number of amidine groups is 1. The molecule has 0 saturated carbocycles. The molecule has 0 spiro atoms. The predicted octanol–water partition coefficient (Wildman–Crippen LogP) is 25.7. The summed E-state index contributed by atoms with van der Waals surface area (Å²) in [6.45, 7) is 17.7. The van der Waals surface area contributed by atoms with Gasteiger partial charge in [-0.1, -0.05) is 140 Å². The summed E-state index contributed by atoms with van der Waals surface area (Å²) in [6.07, 6.45) is 15.0. The third-order valence-electron chi connectivity index (χ3n) is 21.9. The molecule has 146 heavy (non-hydrogen) atoms. The largest absolute Gasteiger partial charge is 0.490 e. The molecule has 1 N–H and O–H groups in total. The second-order valence-electron chi connectivity index (χ2n) is 31.7. The van der Waals surface area contributed by atoms with Crippen LogP contribution < -0.4 is 24.3 Å². The maximum absolute atomic E-state index is 13.5. The van der Waals surface area contributed by atoms with Crippen molar-refractivity contribution in [3.05, 3.63) is 350 Å². The van der Waals surface area contributed by atoms with E-state index in [1.54, 1.807) is 110 Å². The molecule has 728 valence electrons. The number of rotatable bonds is 25. The number of oxazole rings is 2. The standard InChI is InChI=1S/C21H22N4O3.C20H22N2O3.C19H12F3N3OS.C17H11N3OS.2C16H10N4O2/c1-3-26-17-10-9-16(13-18(17)27-4-2)21-24-20(25-28-21)15-7-5-14(6-8-15)19-22-11-12-23-19;1-5-23-17-10-9-16(12-18(17)24-6-2)20-21-19(22-25-20)15-8-7-13(3)14(4)11-15;1-11-10-23-8-7-13(11)17-24-18(26-25-17)15-9-14(12-5-3-2-4-6-12)16(27-15)19(20,21)22;1-3-13(15-5-2-10-22-15)11-14(4-1)17-19-16(20-21-17)12-6-8-18-9-7-12;2*1-2-12(14-9-21-10-18-14)8-13(3-1)16-19-15(20-22-16)11-4-6-17-7-5-11/h5-10,13H,3-4,11-12H2,1-2H3,(H,22,23);7-12H,5-6H2,1-4H3;2-10H,1H3;1-11H;2*1-10H. The Labute approximate surface area is 840 Å². The molecule has 32 nitrogen and oxygen atoms in total. The SMILES string of the molecule is CCOc1ccc(-c2nc(-c3ccc(C)c(C)c3)no2)cc1OCC.CCOc1ccc(-c2nc(-c3ccc(C4=NCCN4)cc3)no2)cc1OCC.Cc1cnccc1-c1noc(-c2cc(-c3ccccc3)c(C(F)(F)F)s2)n1.c1cc(-c2cocn2)cc(-c2nc(-c3ccncc3)no2)c1.c1cc(-c2cocn2)cc(-c2nc(-c3ccncc3)no2)c1.c1cc(-c2nc(-c3ccncc3)no2)cc(-c2cccs2)c1. The van der Waals surface area contributed by atoms with Crippen LogP contribution in [0.4, 0.5) is 13.2 Å². The van der Waals surface area contributed by atoms with Crippen LogP contribution >= 0.6 is 22.7 Å². The molecule has 0 amide bonds. The van der Waals surface area contributed by atoms with Gasteiger partial charge in [-0.25, -0.2) is 9.97 Å². The summed E-state index contributed by atoms with van der Waals surface area (Å²) in [5, 5.41) is 29.5. The van der Waals surface area contributed by atoms with E-state index in [0.29, 0.717) is 131 Å². The zero-order valence-electron chi connectivity index (χ0n) is 79.2. The summed E-state index contributed by atoms with van der Waals surface area (Å²) < 4.78 is 105. The summed E-state index contributed by atoms with van der Waals surface area (Å²) >= 11 is 2.30. The molecule has 1 aliphatic heterocycles. The molecular weight excluding hydrogens is 1900 g/mol. The molecule has 14 aromatic heterocycles. The number of ether oxygens (including phenoxy) is 4. The lowest BCUT2D eigenvalue weighted by atomic mass is 10.1. The third-order valence-corrected chi connectivity index (χ3v) is 24.0. The minimum atomic E-state index is -4.47. The first-order chi connectivity index (χ1) is 71.5. The topological polar surface area (TPSA) is 398 Å². The molecule has 1 aliphatic rings. The first kappa shape index (κ1) is 97.7. The number of thiophene rings is 2. The molecule has 0 aliphatic carbocycles. The van der Waals surface area contributed by atoms with Crippen LogP contribution in [0.25, 0.3) is 180 Å². The van der Waals surface area contributed by atoms with Crippen molar-refractivity contribution in [3.63, 3.8) is 0 Å². The smallest absolute Gasteiger partial charge is 0.426 e. The Morgan fingerprint density at radius 3 is 1.17 bits per heavy atom. The van der Waals surface area contributed by atoms with Crippen molar-refractivity contribution in [1.29, 1.82) is 0 Å². The molecule has 23 rings (SSSR count). The van der Waals surface area contributed by atoms with Crippen LogP contribution in [0, 0.1) is 20.8 Å². The van der Waals surface area contributed by atoms with E-state index in [2.05, 4.69) is 151 Å². The van der Waals surface area contributed by atoms with Crippen molar-refractivity contribution in [2.45, 2.75) is 54.6 Å². The number of aliphatic imine (C=N–C) groups is 1. The average molecular weight is 1990 g/mol. The van der Waals surface area contributed by atoms with Crippen molar-refractivity contribution >= 4 is 28.5 Å².